The molecule has 0 aliphatic heterocycles. The van der Waals surface area contributed by atoms with Crippen molar-refractivity contribution in [3.63, 3.8) is 0 Å². The molecule has 116 valence electrons. The van der Waals surface area contributed by atoms with Crippen molar-refractivity contribution >= 4 is 11.7 Å². The van der Waals surface area contributed by atoms with Crippen molar-refractivity contribution in [3.05, 3.63) is 48.0 Å². The highest BCUT2D eigenvalue weighted by Crippen LogP contribution is 2.33. The first-order valence-electron chi connectivity index (χ1n) is 7.86. The van der Waals surface area contributed by atoms with Crippen LogP contribution in [0.1, 0.15) is 36.8 Å². The molecule has 5 nitrogen and oxygen atoms in total. The smallest absolute Gasteiger partial charge is 0.319 e. The van der Waals surface area contributed by atoms with Gasteiger partial charge in [0, 0.05) is 36.6 Å². The number of rotatable bonds is 5. The van der Waals surface area contributed by atoms with Gasteiger partial charge in [-0.15, -0.1) is 0 Å². The van der Waals surface area contributed by atoms with Crippen molar-refractivity contribution in [2.75, 3.05) is 11.9 Å². The van der Waals surface area contributed by atoms with Crippen molar-refractivity contribution in [1.82, 2.24) is 14.9 Å². The Bertz CT molecular complexity index is 631. The van der Waals surface area contributed by atoms with Crippen molar-refractivity contribution in [3.8, 4) is 0 Å². The van der Waals surface area contributed by atoms with Crippen molar-refractivity contribution in [1.29, 1.82) is 0 Å². The maximum Gasteiger partial charge on any atom is 0.319 e. The standard InChI is InChI=1S/C17H22N4O/c1-13-12-19-16(21(13)15-8-5-9-15)10-11-18-17(22)20-14-6-3-2-4-7-14/h2-4,6-7,12,15H,5,8-11H2,1H3,(H2,18,20,22). The first kappa shape index (κ1) is 14.6. The Balaban J connectivity index is 1.50. The maximum absolute atomic E-state index is 11.8. The van der Waals surface area contributed by atoms with E-state index in [0.29, 0.717) is 12.6 Å². The lowest BCUT2D eigenvalue weighted by Crippen LogP contribution is -2.31. The minimum atomic E-state index is -0.176. The monoisotopic (exact) mass is 298 g/mol. The van der Waals surface area contributed by atoms with Gasteiger partial charge >= 0.3 is 6.03 Å². The van der Waals surface area contributed by atoms with Gasteiger partial charge in [-0.25, -0.2) is 9.78 Å². The Hall–Kier alpha value is -2.30. The van der Waals surface area contributed by atoms with E-state index in [1.54, 1.807) is 0 Å². The first-order chi connectivity index (χ1) is 10.7. The number of benzene rings is 1. The fourth-order valence-electron chi connectivity index (χ4n) is 2.81. The maximum atomic E-state index is 11.8. The number of para-hydroxylation sites is 1. The second-order valence-electron chi connectivity index (χ2n) is 5.77. The molecule has 1 aliphatic rings. The molecule has 1 saturated carbocycles. The number of nitrogens with one attached hydrogen (secondary N) is 2. The number of nitrogens with zero attached hydrogens (tertiary/aromatic N) is 2. The molecule has 3 rings (SSSR count). The molecule has 0 saturated heterocycles. The van der Waals surface area contributed by atoms with Crippen LogP contribution in [0.5, 0.6) is 0 Å². The highest BCUT2D eigenvalue weighted by Gasteiger charge is 2.23. The quantitative estimate of drug-likeness (QED) is 0.890. The third-order valence-electron chi connectivity index (χ3n) is 4.16. The van der Waals surface area contributed by atoms with E-state index in [2.05, 4.69) is 27.1 Å². The lowest BCUT2D eigenvalue weighted by molar-refractivity contribution is 0.252. The molecule has 0 radical (unpaired) electrons. The highest BCUT2D eigenvalue weighted by molar-refractivity contribution is 5.89. The van der Waals surface area contributed by atoms with Gasteiger partial charge < -0.3 is 15.2 Å². The normalized spacial score (nSPS) is 14.4. The number of imidazole rings is 1. The number of carbonyl (C=O) groups is 1. The molecule has 5 heteroatoms. The van der Waals surface area contributed by atoms with Gasteiger partial charge in [-0.3, -0.25) is 0 Å². The number of urea groups is 1. The zero-order valence-electron chi connectivity index (χ0n) is 12.9. The fraction of sp³-hybridized carbons (Fsp3) is 0.412. The minimum Gasteiger partial charge on any atom is -0.337 e. The molecule has 22 heavy (non-hydrogen) atoms. The third kappa shape index (κ3) is 3.30. The van der Waals surface area contributed by atoms with E-state index in [9.17, 15) is 4.79 Å². The molecule has 1 heterocycles. The summed E-state index contributed by atoms with van der Waals surface area (Å²) < 4.78 is 2.33. The van der Waals surface area contributed by atoms with Crippen LogP contribution in [0.25, 0.3) is 0 Å². The highest BCUT2D eigenvalue weighted by atomic mass is 16.2. The third-order valence-corrected chi connectivity index (χ3v) is 4.16. The molecule has 0 unspecified atom stereocenters. The number of amides is 2. The topological polar surface area (TPSA) is 59.0 Å². The predicted molar refractivity (Wildman–Crippen MR) is 87.0 cm³/mol. The summed E-state index contributed by atoms with van der Waals surface area (Å²) in [5.41, 5.74) is 2.01. The molecule has 1 aromatic carbocycles. The van der Waals surface area contributed by atoms with E-state index >= 15 is 0 Å². The van der Waals surface area contributed by atoms with Crippen LogP contribution < -0.4 is 10.6 Å². The molecule has 0 spiro atoms. The van der Waals surface area contributed by atoms with Crippen LogP contribution >= 0.6 is 0 Å². The van der Waals surface area contributed by atoms with Gasteiger partial charge in [0.05, 0.1) is 0 Å². The molecule has 1 fully saturated rings. The SMILES string of the molecule is Cc1cnc(CCNC(=O)Nc2ccccc2)n1C1CCC1. The lowest BCUT2D eigenvalue weighted by atomic mass is 9.92. The zero-order valence-corrected chi connectivity index (χ0v) is 12.9. The van der Waals surface area contributed by atoms with Crippen LogP contribution in [0.15, 0.2) is 36.5 Å². The Morgan fingerprint density at radius 1 is 1.32 bits per heavy atom. The fourth-order valence-corrected chi connectivity index (χ4v) is 2.81. The molecule has 1 aromatic heterocycles. The van der Waals surface area contributed by atoms with Gasteiger partial charge in [0.15, 0.2) is 0 Å². The summed E-state index contributed by atoms with van der Waals surface area (Å²) >= 11 is 0. The van der Waals surface area contributed by atoms with Gasteiger partial charge in [0.25, 0.3) is 0 Å². The van der Waals surface area contributed by atoms with Crippen LogP contribution in [0, 0.1) is 6.92 Å². The zero-order chi connectivity index (χ0) is 15.4. The number of hydrogen-bond donors (Lipinski definition) is 2. The van der Waals surface area contributed by atoms with E-state index in [1.807, 2.05) is 36.5 Å². The summed E-state index contributed by atoms with van der Waals surface area (Å²) in [6, 6.07) is 9.88. The Morgan fingerprint density at radius 3 is 2.77 bits per heavy atom. The summed E-state index contributed by atoms with van der Waals surface area (Å²) in [5.74, 6) is 1.07. The number of anilines is 1. The van der Waals surface area contributed by atoms with Crippen LogP contribution in [0.4, 0.5) is 10.5 Å². The van der Waals surface area contributed by atoms with Crippen LogP contribution in [-0.2, 0) is 6.42 Å². The molecular formula is C17H22N4O. The number of aromatic nitrogens is 2. The number of hydrogen-bond acceptors (Lipinski definition) is 2. The number of carbonyl (C=O) groups excluding carboxylic acids is 1. The van der Waals surface area contributed by atoms with Crippen LogP contribution in [-0.4, -0.2) is 22.1 Å². The van der Waals surface area contributed by atoms with E-state index in [4.69, 9.17) is 0 Å². The largest absolute Gasteiger partial charge is 0.337 e. The average molecular weight is 298 g/mol. The lowest BCUT2D eigenvalue weighted by Gasteiger charge is -2.29. The van der Waals surface area contributed by atoms with Gasteiger partial charge in [-0.05, 0) is 38.3 Å². The molecule has 2 N–H and O–H groups in total. The second-order valence-corrected chi connectivity index (χ2v) is 5.77. The van der Waals surface area contributed by atoms with Crippen molar-refractivity contribution in [2.24, 2.45) is 0 Å². The average Bonchev–Trinajstić information content (AvgIpc) is 2.80. The second kappa shape index (κ2) is 6.64. The Morgan fingerprint density at radius 2 is 2.09 bits per heavy atom. The molecule has 0 atom stereocenters. The molecule has 1 aliphatic carbocycles. The van der Waals surface area contributed by atoms with Crippen molar-refractivity contribution < 1.29 is 4.79 Å². The van der Waals surface area contributed by atoms with Gasteiger partial charge in [0.2, 0.25) is 0 Å². The summed E-state index contributed by atoms with van der Waals surface area (Å²) in [4.78, 5) is 16.3. The summed E-state index contributed by atoms with van der Waals surface area (Å²) in [6.07, 6.45) is 6.47. The molecule has 2 aromatic rings. The molecule has 2 amide bonds. The Labute approximate surface area is 130 Å². The molecular weight excluding hydrogens is 276 g/mol. The van der Waals surface area contributed by atoms with Crippen molar-refractivity contribution in [2.45, 2.75) is 38.6 Å². The first-order valence-corrected chi connectivity index (χ1v) is 7.86. The van der Waals surface area contributed by atoms with Crippen LogP contribution in [0.3, 0.4) is 0 Å². The van der Waals surface area contributed by atoms with Gasteiger partial charge in [0.1, 0.15) is 5.82 Å². The van der Waals surface area contributed by atoms with E-state index in [1.165, 1.54) is 25.0 Å². The van der Waals surface area contributed by atoms with Gasteiger partial charge in [-0.1, -0.05) is 18.2 Å². The van der Waals surface area contributed by atoms with E-state index in [0.717, 1.165) is 17.9 Å². The summed E-state index contributed by atoms with van der Waals surface area (Å²) in [6.45, 7) is 2.69. The molecule has 0 bridgehead atoms. The van der Waals surface area contributed by atoms with E-state index < -0.39 is 0 Å². The Kier molecular flexibility index (Phi) is 4.42. The van der Waals surface area contributed by atoms with E-state index in [-0.39, 0.29) is 6.03 Å². The summed E-state index contributed by atoms with van der Waals surface area (Å²) in [7, 11) is 0. The van der Waals surface area contributed by atoms with Gasteiger partial charge in [-0.2, -0.15) is 0 Å². The van der Waals surface area contributed by atoms with Crippen LogP contribution in [0.2, 0.25) is 0 Å². The number of aryl methyl sites for hydroxylation is 1. The minimum absolute atomic E-state index is 0.176. The summed E-state index contributed by atoms with van der Waals surface area (Å²) in [5, 5.41) is 5.70. The predicted octanol–water partition coefficient (Wildman–Crippen LogP) is 3.28.